The first kappa shape index (κ1) is 27.6. The van der Waals surface area contributed by atoms with E-state index in [4.69, 9.17) is 18.9 Å². The lowest BCUT2D eigenvalue weighted by atomic mass is 10.0. The van der Waals surface area contributed by atoms with Crippen molar-refractivity contribution in [2.75, 3.05) is 20.8 Å². The predicted molar refractivity (Wildman–Crippen MR) is 136 cm³/mol. The molecule has 0 unspecified atom stereocenters. The molecule has 0 aromatic heterocycles. The molecule has 0 fully saturated rings. The Balaban J connectivity index is 1.65. The van der Waals surface area contributed by atoms with E-state index in [0.29, 0.717) is 25.6 Å². The van der Waals surface area contributed by atoms with Crippen LogP contribution in [0, 0.1) is 5.92 Å². The molecule has 2 aromatic carbocycles. The van der Waals surface area contributed by atoms with Crippen LogP contribution in [0.1, 0.15) is 57.6 Å². The zero-order valence-electron chi connectivity index (χ0n) is 21.3. The van der Waals surface area contributed by atoms with Gasteiger partial charge in [0.05, 0.1) is 27.4 Å². The average Bonchev–Trinajstić information content (AvgIpc) is 2.84. The number of hydrogen-bond donors (Lipinski definition) is 0. The van der Waals surface area contributed by atoms with E-state index in [9.17, 15) is 4.79 Å². The van der Waals surface area contributed by atoms with Gasteiger partial charge in [-0.2, -0.15) is 0 Å². The van der Waals surface area contributed by atoms with Crippen molar-refractivity contribution in [2.45, 2.75) is 65.8 Å². The Bertz CT molecular complexity index is 870. The van der Waals surface area contributed by atoms with Crippen LogP contribution in [-0.2, 0) is 27.5 Å². The van der Waals surface area contributed by atoms with E-state index in [1.165, 1.54) is 5.57 Å². The largest absolute Gasteiger partial charge is 0.497 e. The predicted octanol–water partition coefficient (Wildman–Crippen LogP) is 6.54. The number of Topliss-reactive ketones (excluding diaryl/α,β-unsaturated/α-hetero) is 1. The topological polar surface area (TPSA) is 54.0 Å². The fourth-order valence-electron chi connectivity index (χ4n) is 3.59. The molecule has 0 radical (unpaired) electrons. The molecule has 0 aliphatic rings. The van der Waals surface area contributed by atoms with Crippen LogP contribution in [0.2, 0.25) is 0 Å². The second kappa shape index (κ2) is 15.3. The lowest BCUT2D eigenvalue weighted by Gasteiger charge is -2.15. The van der Waals surface area contributed by atoms with Gasteiger partial charge in [-0.1, -0.05) is 42.8 Å². The summed E-state index contributed by atoms with van der Waals surface area (Å²) in [6, 6.07) is 15.7. The van der Waals surface area contributed by atoms with E-state index in [2.05, 4.69) is 19.9 Å². The molecule has 0 spiro atoms. The third kappa shape index (κ3) is 10.5. The highest BCUT2D eigenvalue weighted by molar-refractivity contribution is 5.80. The van der Waals surface area contributed by atoms with Crippen LogP contribution in [0.3, 0.4) is 0 Å². The van der Waals surface area contributed by atoms with Crippen LogP contribution in [0.25, 0.3) is 0 Å². The van der Waals surface area contributed by atoms with Crippen molar-refractivity contribution in [3.05, 3.63) is 71.3 Å². The van der Waals surface area contributed by atoms with Gasteiger partial charge in [0.1, 0.15) is 17.6 Å². The van der Waals surface area contributed by atoms with Crippen molar-refractivity contribution in [1.29, 1.82) is 0 Å². The maximum absolute atomic E-state index is 12.0. The first-order valence-corrected chi connectivity index (χ1v) is 12.0. The summed E-state index contributed by atoms with van der Waals surface area (Å²) in [5, 5.41) is 0. The lowest BCUT2D eigenvalue weighted by molar-refractivity contribution is -0.128. The molecule has 0 heterocycles. The minimum absolute atomic E-state index is 0.0557. The van der Waals surface area contributed by atoms with E-state index < -0.39 is 6.10 Å². The van der Waals surface area contributed by atoms with Crippen molar-refractivity contribution in [2.24, 2.45) is 5.92 Å². The minimum Gasteiger partial charge on any atom is -0.497 e. The number of ether oxygens (including phenoxy) is 4. The van der Waals surface area contributed by atoms with Crippen LogP contribution in [0.15, 0.2) is 60.2 Å². The second-order valence-corrected chi connectivity index (χ2v) is 8.91. The molecule has 0 bridgehead atoms. The minimum atomic E-state index is -0.415. The van der Waals surface area contributed by atoms with E-state index in [1.54, 1.807) is 21.1 Å². The lowest BCUT2D eigenvalue weighted by Crippen LogP contribution is -2.21. The van der Waals surface area contributed by atoms with Gasteiger partial charge in [-0.25, -0.2) is 0 Å². The number of allylic oxidation sites excluding steroid dienone is 1. The Morgan fingerprint density at radius 3 is 1.97 bits per heavy atom. The highest BCUT2D eigenvalue weighted by Gasteiger charge is 2.14. The molecule has 0 N–H and O–H groups in total. The number of ketones is 1. The van der Waals surface area contributed by atoms with Gasteiger partial charge in [0.15, 0.2) is 5.78 Å². The fourth-order valence-corrected chi connectivity index (χ4v) is 3.59. The smallest absolute Gasteiger partial charge is 0.158 e. The second-order valence-electron chi connectivity index (χ2n) is 8.91. The summed E-state index contributed by atoms with van der Waals surface area (Å²) in [4.78, 5) is 12.0. The van der Waals surface area contributed by atoms with Crippen molar-refractivity contribution in [1.82, 2.24) is 0 Å². The summed E-state index contributed by atoms with van der Waals surface area (Å²) < 4.78 is 22.1. The van der Waals surface area contributed by atoms with Gasteiger partial charge in [0.2, 0.25) is 0 Å². The molecular formula is C29H40O5. The Kier molecular flexibility index (Phi) is 12.4. The summed E-state index contributed by atoms with van der Waals surface area (Å²) in [6.45, 7) is 7.73. The van der Waals surface area contributed by atoms with Crippen LogP contribution in [-0.4, -0.2) is 32.7 Å². The van der Waals surface area contributed by atoms with Gasteiger partial charge in [-0.3, -0.25) is 4.79 Å². The highest BCUT2D eigenvalue weighted by atomic mass is 16.5. The van der Waals surface area contributed by atoms with Crippen LogP contribution < -0.4 is 9.47 Å². The zero-order chi connectivity index (χ0) is 24.8. The van der Waals surface area contributed by atoms with Crippen LogP contribution in [0.5, 0.6) is 11.5 Å². The van der Waals surface area contributed by atoms with E-state index >= 15 is 0 Å². The number of rotatable bonds is 16. The van der Waals surface area contributed by atoms with Crippen molar-refractivity contribution >= 4 is 5.78 Å². The van der Waals surface area contributed by atoms with E-state index in [0.717, 1.165) is 48.5 Å². The highest BCUT2D eigenvalue weighted by Crippen LogP contribution is 2.17. The van der Waals surface area contributed by atoms with Gasteiger partial charge in [-0.05, 0) is 80.8 Å². The molecule has 34 heavy (non-hydrogen) atoms. The molecule has 2 atom stereocenters. The van der Waals surface area contributed by atoms with Gasteiger partial charge < -0.3 is 18.9 Å². The monoisotopic (exact) mass is 468 g/mol. The standard InChI is InChI=1S/C29H40O5/c1-22(7-6-8-23(2)19-33-20-25-10-14-27(31-4)15-11-25)9-18-29(24(3)30)34-21-26-12-16-28(32-5)17-13-26/h9-17,23,29H,6-8,18-21H2,1-5H3/b22-9-/t23-,29-/m0/s1. The number of methoxy groups -OCH3 is 2. The SMILES string of the molecule is COc1ccc(COC[C@@H](C)CCC/C(C)=C\C[C@H](OCc2ccc(OC)cc2)C(C)=O)cc1. The van der Waals surface area contributed by atoms with Gasteiger partial charge >= 0.3 is 0 Å². The Morgan fingerprint density at radius 2 is 1.44 bits per heavy atom. The Morgan fingerprint density at radius 1 is 0.882 bits per heavy atom. The number of carbonyl (C=O) groups is 1. The van der Waals surface area contributed by atoms with Gasteiger partial charge in [0, 0.05) is 6.61 Å². The van der Waals surface area contributed by atoms with Crippen molar-refractivity contribution in [3.63, 3.8) is 0 Å². The van der Waals surface area contributed by atoms with Gasteiger partial charge in [-0.15, -0.1) is 0 Å². The first-order valence-electron chi connectivity index (χ1n) is 12.0. The zero-order valence-corrected chi connectivity index (χ0v) is 21.3. The fraction of sp³-hybridized carbons (Fsp3) is 0.483. The molecule has 0 amide bonds. The molecule has 2 rings (SSSR count). The molecule has 0 saturated carbocycles. The number of carbonyl (C=O) groups excluding carboxylic acids is 1. The number of hydrogen-bond acceptors (Lipinski definition) is 5. The quantitative estimate of drug-likeness (QED) is 0.262. The third-order valence-electron chi connectivity index (χ3n) is 5.84. The maximum Gasteiger partial charge on any atom is 0.158 e. The molecule has 0 aliphatic heterocycles. The molecule has 5 heteroatoms. The normalized spacial score (nSPS) is 13.4. The molecular weight excluding hydrogens is 428 g/mol. The summed E-state index contributed by atoms with van der Waals surface area (Å²) in [5.41, 5.74) is 3.47. The van der Waals surface area contributed by atoms with E-state index in [-0.39, 0.29) is 5.78 Å². The molecule has 0 saturated heterocycles. The maximum atomic E-state index is 12.0. The molecule has 186 valence electrons. The third-order valence-corrected chi connectivity index (χ3v) is 5.84. The first-order chi connectivity index (χ1) is 16.4. The van der Waals surface area contributed by atoms with Crippen LogP contribution >= 0.6 is 0 Å². The van der Waals surface area contributed by atoms with Crippen LogP contribution in [0.4, 0.5) is 0 Å². The molecule has 5 nitrogen and oxygen atoms in total. The van der Waals surface area contributed by atoms with E-state index in [1.807, 2.05) is 48.5 Å². The Labute approximate surface area is 205 Å². The van der Waals surface area contributed by atoms with Crippen molar-refractivity contribution in [3.8, 4) is 11.5 Å². The summed E-state index contributed by atoms with van der Waals surface area (Å²) >= 11 is 0. The number of benzene rings is 2. The average molecular weight is 469 g/mol. The van der Waals surface area contributed by atoms with Gasteiger partial charge in [0.25, 0.3) is 0 Å². The molecule has 0 aliphatic carbocycles. The Hall–Kier alpha value is -2.63. The molecule has 2 aromatic rings. The summed E-state index contributed by atoms with van der Waals surface area (Å²) in [6.07, 6.45) is 5.57. The summed E-state index contributed by atoms with van der Waals surface area (Å²) in [7, 11) is 3.31. The summed E-state index contributed by atoms with van der Waals surface area (Å²) in [5.74, 6) is 2.23. The van der Waals surface area contributed by atoms with Crippen molar-refractivity contribution < 1.29 is 23.7 Å².